The maximum atomic E-state index is 3.82. The van der Waals surface area contributed by atoms with Crippen LogP contribution in [0.5, 0.6) is 0 Å². The fraction of sp³-hybridized carbons (Fsp3) is 0.273. The van der Waals surface area contributed by atoms with Crippen LogP contribution < -0.4 is 0 Å². The third kappa shape index (κ3) is 17.6. The highest BCUT2D eigenvalue weighted by molar-refractivity contribution is 5.84. The highest BCUT2D eigenvalue weighted by Gasteiger charge is 2.46. The average Bonchev–Trinajstić information content (AvgIpc) is 4.18. The molecule has 348 valence electrons. The van der Waals surface area contributed by atoms with Crippen LogP contribution in [0.25, 0.3) is 17.2 Å². The van der Waals surface area contributed by atoms with Crippen LogP contribution in [0.15, 0.2) is 243 Å². The van der Waals surface area contributed by atoms with Gasteiger partial charge in [-0.15, -0.1) is 13.2 Å². The molecule has 0 saturated heterocycles. The Morgan fingerprint density at radius 2 is 1.36 bits per heavy atom. The van der Waals surface area contributed by atoms with Crippen LogP contribution in [-0.2, 0) is 10.8 Å². The first-order chi connectivity index (χ1) is 32.3. The fourth-order valence-electron chi connectivity index (χ4n) is 8.06. The monoisotopic (exact) mass is 877 g/mol. The van der Waals surface area contributed by atoms with Gasteiger partial charge >= 0.3 is 0 Å². The molecule has 0 amide bonds. The predicted octanol–water partition coefficient (Wildman–Crippen LogP) is 20.2. The van der Waals surface area contributed by atoms with E-state index in [1.807, 2.05) is 65.8 Å². The summed E-state index contributed by atoms with van der Waals surface area (Å²) < 4.78 is 0. The summed E-state index contributed by atoms with van der Waals surface area (Å²) in [5, 5.41) is 0. The van der Waals surface area contributed by atoms with Gasteiger partial charge in [-0.3, -0.25) is 0 Å². The number of hydrogen-bond acceptors (Lipinski definition) is 0. The van der Waals surface area contributed by atoms with Gasteiger partial charge in [-0.25, -0.2) is 0 Å². The van der Waals surface area contributed by atoms with Crippen molar-refractivity contribution in [3.63, 3.8) is 0 Å². The third-order valence-corrected chi connectivity index (χ3v) is 11.2. The molecule has 0 heteroatoms. The van der Waals surface area contributed by atoms with Crippen molar-refractivity contribution in [3.8, 4) is 11.1 Å². The van der Waals surface area contributed by atoms with Gasteiger partial charge in [-0.1, -0.05) is 278 Å². The summed E-state index contributed by atoms with van der Waals surface area (Å²) in [4.78, 5) is 0. The zero-order valence-corrected chi connectivity index (χ0v) is 42.7. The van der Waals surface area contributed by atoms with E-state index in [0.717, 1.165) is 25.7 Å². The second-order valence-corrected chi connectivity index (χ2v) is 15.6. The van der Waals surface area contributed by atoms with Gasteiger partial charge in [0.05, 0.1) is 0 Å². The molecule has 3 aromatic rings. The summed E-state index contributed by atoms with van der Waals surface area (Å²) in [7, 11) is 0. The molecule has 3 aromatic carbocycles. The van der Waals surface area contributed by atoms with E-state index in [1.165, 1.54) is 68.5 Å². The second kappa shape index (κ2) is 34.2. The van der Waals surface area contributed by atoms with Crippen molar-refractivity contribution >= 4 is 6.08 Å². The molecule has 0 bridgehead atoms. The van der Waals surface area contributed by atoms with Crippen LogP contribution in [0.2, 0.25) is 0 Å². The Morgan fingerprint density at radius 3 is 1.94 bits per heavy atom. The molecule has 66 heavy (non-hydrogen) atoms. The first kappa shape index (κ1) is 57.8. The van der Waals surface area contributed by atoms with Gasteiger partial charge in [-0.05, 0) is 105 Å². The van der Waals surface area contributed by atoms with Gasteiger partial charge in [0.1, 0.15) is 0 Å². The molecule has 0 spiro atoms. The number of hydrogen-bond donors (Lipinski definition) is 0. The summed E-state index contributed by atoms with van der Waals surface area (Å²) >= 11 is 0. The van der Waals surface area contributed by atoms with Gasteiger partial charge < -0.3 is 0 Å². The maximum absolute atomic E-state index is 3.82. The molecule has 2 unspecified atom stereocenters. The predicted molar refractivity (Wildman–Crippen MR) is 302 cm³/mol. The Balaban J connectivity index is 0.000000678. The molecule has 0 saturated carbocycles. The topological polar surface area (TPSA) is 0 Å². The van der Waals surface area contributed by atoms with Crippen molar-refractivity contribution in [2.45, 2.75) is 119 Å². The van der Waals surface area contributed by atoms with E-state index in [-0.39, 0.29) is 10.8 Å². The molecule has 0 radical (unpaired) electrons. The minimum Gasteiger partial charge on any atom is -0.106 e. The van der Waals surface area contributed by atoms with Crippen LogP contribution in [0.3, 0.4) is 0 Å². The van der Waals surface area contributed by atoms with Crippen LogP contribution >= 0.6 is 0 Å². The molecule has 2 atom stereocenters. The smallest absolute Gasteiger partial charge is 0.0360 e. The van der Waals surface area contributed by atoms with Crippen LogP contribution in [0.4, 0.5) is 0 Å². The van der Waals surface area contributed by atoms with Crippen LogP contribution in [0.1, 0.15) is 136 Å². The van der Waals surface area contributed by atoms with E-state index in [4.69, 9.17) is 0 Å². The van der Waals surface area contributed by atoms with Gasteiger partial charge in [0, 0.05) is 10.8 Å². The van der Waals surface area contributed by atoms with Crippen molar-refractivity contribution in [2.75, 3.05) is 0 Å². The minimum atomic E-state index is -0.310. The van der Waals surface area contributed by atoms with Crippen molar-refractivity contribution < 1.29 is 0 Å². The molecular weight excluding hydrogens is 793 g/mol. The van der Waals surface area contributed by atoms with E-state index < -0.39 is 0 Å². The lowest BCUT2D eigenvalue weighted by atomic mass is 9.65. The largest absolute Gasteiger partial charge is 0.106 e. The Hall–Kier alpha value is -6.24. The van der Waals surface area contributed by atoms with Gasteiger partial charge in [-0.2, -0.15) is 0 Å². The molecule has 8 rings (SSSR count). The number of fused-ring (bicyclic) bond motifs is 3. The lowest BCUT2D eigenvalue weighted by Gasteiger charge is -2.37. The zero-order valence-electron chi connectivity index (χ0n) is 42.7. The average molecular weight is 877 g/mol. The Morgan fingerprint density at radius 1 is 0.682 bits per heavy atom. The Kier molecular flexibility index (Phi) is 29.9. The molecule has 0 heterocycles. The van der Waals surface area contributed by atoms with Gasteiger partial charge in [0.2, 0.25) is 0 Å². The minimum absolute atomic E-state index is 0.144. The maximum Gasteiger partial charge on any atom is 0.0360 e. The quantitative estimate of drug-likeness (QED) is 0.156. The van der Waals surface area contributed by atoms with E-state index >= 15 is 0 Å². The lowest BCUT2D eigenvalue weighted by Crippen LogP contribution is -2.30. The Labute approximate surface area is 405 Å². The molecule has 0 nitrogen and oxygen atoms in total. The van der Waals surface area contributed by atoms with Crippen LogP contribution in [-0.4, -0.2) is 0 Å². The number of allylic oxidation sites excluding steroid dienone is 25. The molecule has 5 aliphatic rings. The van der Waals surface area contributed by atoms with E-state index in [2.05, 4.69) is 236 Å². The molecular formula is C66H84. The first-order valence-electron chi connectivity index (χ1n) is 24.4. The Bertz CT molecular complexity index is 2260. The highest BCUT2D eigenvalue weighted by atomic mass is 14.5. The summed E-state index contributed by atoms with van der Waals surface area (Å²) in [5.41, 5.74) is 13.1. The van der Waals surface area contributed by atoms with E-state index in [9.17, 15) is 0 Å². The lowest BCUT2D eigenvalue weighted by molar-refractivity contribution is 0.528. The van der Waals surface area contributed by atoms with Crippen molar-refractivity contribution in [1.29, 1.82) is 0 Å². The third-order valence-electron chi connectivity index (χ3n) is 11.2. The van der Waals surface area contributed by atoms with Crippen molar-refractivity contribution in [1.82, 2.24) is 0 Å². The van der Waals surface area contributed by atoms with E-state index in [0.29, 0.717) is 0 Å². The van der Waals surface area contributed by atoms with Crippen LogP contribution in [0, 0.1) is 0 Å². The fourth-order valence-corrected chi connectivity index (χ4v) is 8.06. The first-order valence-corrected chi connectivity index (χ1v) is 24.4. The van der Waals surface area contributed by atoms with Crippen molar-refractivity contribution in [2.24, 2.45) is 0 Å². The molecule has 5 aliphatic carbocycles. The molecule has 0 aliphatic heterocycles. The highest BCUT2D eigenvalue weighted by Crippen LogP contribution is 2.57. The van der Waals surface area contributed by atoms with E-state index in [1.54, 1.807) is 0 Å². The number of rotatable bonds is 8. The molecule has 0 N–H and O–H groups in total. The standard InChI is InChI=1S/C40H38.C7H10.C6H8.C5H6.3C2H6.C2H4/c1-5-7-8-9-14-28-40-29-15-10-13-27-39(4,33-20-16-19-32(30-33)26-25-31(3)18-6-2)37-24-17-22-35(38(37)40)34-21-11-12-23-36(34)40;1-7-5-3-2-4-6-7;1-6-4-2-3-5-6;1-2-4-5-3-1;4*1-2/h5-27,30H,1-2,28-29H2,3-4H3;2-3,5H,4,6H2,1H3;2,4-5H,3H2,1H3;1-4H,5H2;3*1-2H3;1-2H2/b8-7-,14-9-,15-10-,26-25?,27-13?,31-18-;;;;;;;. The molecule has 0 aromatic heterocycles. The zero-order chi connectivity index (χ0) is 49.1. The molecule has 0 fully saturated rings. The number of benzene rings is 3. The van der Waals surface area contributed by atoms with Gasteiger partial charge in [0.25, 0.3) is 0 Å². The SMILES string of the molecule is C1=CCC=C1.C=C.C=C/C=C\C=C/CC12C/C=C\C=CC(C)(c3cccc(C=C/C(C)=C\C=C)c3)c3cccc(c31)-c1ccccc12.CC.CC.CC.CC1=CC=CCC1.CC1=CCC=C1. The second-order valence-electron chi connectivity index (χ2n) is 15.6. The summed E-state index contributed by atoms with van der Waals surface area (Å²) in [5.74, 6) is 0. The van der Waals surface area contributed by atoms with Gasteiger partial charge in [0.15, 0.2) is 0 Å². The summed E-state index contributed by atoms with van der Waals surface area (Å²) in [6.07, 6.45) is 55.8. The summed E-state index contributed by atoms with van der Waals surface area (Å²) in [6.45, 7) is 34.4. The normalized spacial score (nSPS) is 19.1. The summed E-state index contributed by atoms with van der Waals surface area (Å²) in [6, 6.07) is 24.9. The van der Waals surface area contributed by atoms with Crippen molar-refractivity contribution in [3.05, 3.63) is 271 Å².